The van der Waals surface area contributed by atoms with Crippen molar-refractivity contribution in [2.24, 2.45) is 0 Å². The number of hydrogen-bond donors (Lipinski definition) is 4. The maximum atomic E-state index is 12.9. The number of aliphatic hydroxyl groups excluding tert-OH is 3. The van der Waals surface area contributed by atoms with Crippen molar-refractivity contribution in [2.45, 2.75) is 282 Å². The molecule has 1 saturated heterocycles. The average molecular weight is 959 g/mol. The van der Waals surface area contributed by atoms with Gasteiger partial charge in [0, 0.05) is 12.8 Å². The lowest BCUT2D eigenvalue weighted by Gasteiger charge is -2.40. The molecule has 388 valence electrons. The molecule has 0 aromatic heterocycles. The van der Waals surface area contributed by atoms with E-state index in [2.05, 4.69) is 38.2 Å². The number of carbonyl (C=O) groups is 2. The third kappa shape index (κ3) is 37.1. The summed E-state index contributed by atoms with van der Waals surface area (Å²) in [5, 5.41) is 31.0. The van der Waals surface area contributed by atoms with Crippen LogP contribution in [0.5, 0.6) is 0 Å². The van der Waals surface area contributed by atoms with Crippen LogP contribution in [0.1, 0.15) is 245 Å². The quantitative estimate of drug-likeness (QED) is 0.0196. The molecule has 0 aromatic carbocycles. The molecule has 1 rings (SSSR count). The second-order valence-corrected chi connectivity index (χ2v) is 20.4. The molecular formula is C53H98O12S. The van der Waals surface area contributed by atoms with Crippen LogP contribution in [0.25, 0.3) is 0 Å². The molecule has 2 unspecified atom stereocenters. The van der Waals surface area contributed by atoms with Crippen molar-refractivity contribution >= 4 is 22.1 Å². The van der Waals surface area contributed by atoms with Crippen molar-refractivity contribution in [1.82, 2.24) is 0 Å². The van der Waals surface area contributed by atoms with E-state index >= 15 is 0 Å². The predicted molar refractivity (Wildman–Crippen MR) is 266 cm³/mol. The van der Waals surface area contributed by atoms with E-state index < -0.39 is 71.2 Å². The first kappa shape index (κ1) is 62.1. The molecule has 1 aliphatic heterocycles. The summed E-state index contributed by atoms with van der Waals surface area (Å²) < 4.78 is 54.3. The predicted octanol–water partition coefficient (Wildman–Crippen LogP) is 12.3. The standard InChI is InChI=1S/C53H98O12S/c1-3-5-7-9-11-13-15-17-19-21-22-23-24-26-27-29-31-33-35-37-39-41-48(54)62-43-46(44-63-53-52(58)51(57)50(56)47(65-53)45-66(59,60)61)64-49(55)42-40-38-36-34-32-30-28-25-20-18-16-14-12-10-8-6-4-2/h14,16-17,19,46-47,50-53,56-58H,3-13,15,18,20-45H2,1-2H3,(H,59,60,61)/b16-14+,19-17+/t46-,47-,50-,51?,52?,53+/m1/s1. The van der Waals surface area contributed by atoms with Gasteiger partial charge in [-0.2, -0.15) is 8.42 Å². The van der Waals surface area contributed by atoms with E-state index in [0.717, 1.165) is 38.5 Å². The van der Waals surface area contributed by atoms with Crippen molar-refractivity contribution in [2.75, 3.05) is 19.0 Å². The Morgan fingerprint density at radius 1 is 0.500 bits per heavy atom. The van der Waals surface area contributed by atoms with E-state index in [-0.39, 0.29) is 19.4 Å². The molecule has 1 aliphatic rings. The fourth-order valence-electron chi connectivity index (χ4n) is 8.32. The molecule has 0 aromatic rings. The summed E-state index contributed by atoms with van der Waals surface area (Å²) in [5.41, 5.74) is 0. The van der Waals surface area contributed by atoms with E-state index in [4.69, 9.17) is 18.9 Å². The van der Waals surface area contributed by atoms with Gasteiger partial charge < -0.3 is 34.3 Å². The molecule has 13 heteroatoms. The summed E-state index contributed by atoms with van der Waals surface area (Å²) in [6, 6.07) is 0. The molecule has 4 N–H and O–H groups in total. The van der Waals surface area contributed by atoms with E-state index in [1.165, 1.54) is 167 Å². The number of aliphatic hydroxyl groups is 3. The molecule has 0 aliphatic carbocycles. The minimum atomic E-state index is -4.60. The second-order valence-electron chi connectivity index (χ2n) is 18.9. The zero-order chi connectivity index (χ0) is 48.4. The van der Waals surface area contributed by atoms with Gasteiger partial charge in [-0.05, 0) is 64.2 Å². The van der Waals surface area contributed by atoms with Gasteiger partial charge in [0.25, 0.3) is 10.1 Å². The van der Waals surface area contributed by atoms with Gasteiger partial charge in [-0.3, -0.25) is 14.1 Å². The summed E-state index contributed by atoms with van der Waals surface area (Å²) in [6.07, 6.45) is 40.7. The zero-order valence-corrected chi connectivity index (χ0v) is 42.6. The molecular weight excluding hydrogens is 861 g/mol. The first-order valence-electron chi connectivity index (χ1n) is 26.9. The first-order valence-corrected chi connectivity index (χ1v) is 28.5. The Morgan fingerprint density at radius 2 is 0.864 bits per heavy atom. The number of rotatable bonds is 46. The highest BCUT2D eigenvalue weighted by molar-refractivity contribution is 7.85. The highest BCUT2D eigenvalue weighted by Crippen LogP contribution is 2.24. The van der Waals surface area contributed by atoms with Crippen LogP contribution >= 0.6 is 0 Å². The van der Waals surface area contributed by atoms with E-state index in [0.29, 0.717) is 12.8 Å². The van der Waals surface area contributed by atoms with E-state index in [1.807, 2.05) is 0 Å². The lowest BCUT2D eigenvalue weighted by atomic mass is 10.00. The average Bonchev–Trinajstić information content (AvgIpc) is 3.28. The van der Waals surface area contributed by atoms with Crippen molar-refractivity contribution in [3.05, 3.63) is 24.3 Å². The van der Waals surface area contributed by atoms with Gasteiger partial charge in [-0.15, -0.1) is 0 Å². The number of ether oxygens (including phenoxy) is 4. The minimum Gasteiger partial charge on any atom is -0.462 e. The van der Waals surface area contributed by atoms with Gasteiger partial charge in [0.05, 0.1) is 6.61 Å². The lowest BCUT2D eigenvalue weighted by Crippen LogP contribution is -2.60. The summed E-state index contributed by atoms with van der Waals surface area (Å²) in [6.45, 7) is 3.78. The molecule has 66 heavy (non-hydrogen) atoms. The number of hydrogen-bond acceptors (Lipinski definition) is 11. The molecule has 1 fully saturated rings. The molecule has 0 spiro atoms. The van der Waals surface area contributed by atoms with Crippen molar-refractivity contribution in [1.29, 1.82) is 0 Å². The number of allylic oxidation sites excluding steroid dienone is 4. The van der Waals surface area contributed by atoms with Crippen LogP contribution in [0.2, 0.25) is 0 Å². The molecule has 0 amide bonds. The van der Waals surface area contributed by atoms with Crippen LogP contribution in [0.15, 0.2) is 24.3 Å². The van der Waals surface area contributed by atoms with Gasteiger partial charge >= 0.3 is 11.9 Å². The Balaban J connectivity index is 2.34. The van der Waals surface area contributed by atoms with Crippen LogP contribution in [0.4, 0.5) is 0 Å². The summed E-state index contributed by atoms with van der Waals surface area (Å²) in [5.74, 6) is -1.97. The van der Waals surface area contributed by atoms with Gasteiger partial charge in [0.15, 0.2) is 12.4 Å². The van der Waals surface area contributed by atoms with Gasteiger partial charge in [0.2, 0.25) is 0 Å². The lowest BCUT2D eigenvalue weighted by molar-refractivity contribution is -0.297. The largest absolute Gasteiger partial charge is 0.462 e. The molecule has 0 bridgehead atoms. The fraction of sp³-hybridized carbons (Fsp3) is 0.887. The maximum Gasteiger partial charge on any atom is 0.306 e. The first-order chi connectivity index (χ1) is 32.0. The topological polar surface area (TPSA) is 186 Å². The summed E-state index contributed by atoms with van der Waals surface area (Å²) >= 11 is 0. The Labute approximate surface area is 402 Å². The number of carbonyl (C=O) groups excluding carboxylic acids is 2. The van der Waals surface area contributed by atoms with Gasteiger partial charge in [0.1, 0.15) is 36.8 Å². The molecule has 0 saturated carbocycles. The normalized spacial score (nSPS) is 19.5. The van der Waals surface area contributed by atoms with Crippen LogP contribution in [0, 0.1) is 0 Å². The maximum absolute atomic E-state index is 12.9. The molecule has 6 atom stereocenters. The Bertz CT molecular complexity index is 1310. The molecule has 1 heterocycles. The van der Waals surface area contributed by atoms with Gasteiger partial charge in [-0.1, -0.05) is 192 Å². The van der Waals surface area contributed by atoms with Crippen LogP contribution in [-0.4, -0.2) is 96.0 Å². The van der Waals surface area contributed by atoms with E-state index in [9.17, 15) is 37.9 Å². The van der Waals surface area contributed by atoms with Crippen molar-refractivity contribution in [3.63, 3.8) is 0 Å². The molecule has 0 radical (unpaired) electrons. The van der Waals surface area contributed by atoms with E-state index in [1.54, 1.807) is 0 Å². The zero-order valence-electron chi connectivity index (χ0n) is 41.8. The van der Waals surface area contributed by atoms with Gasteiger partial charge in [-0.25, -0.2) is 0 Å². The summed E-state index contributed by atoms with van der Waals surface area (Å²) in [7, 11) is -4.60. The fourth-order valence-corrected chi connectivity index (χ4v) is 9.01. The third-order valence-corrected chi connectivity index (χ3v) is 13.3. The van der Waals surface area contributed by atoms with Crippen LogP contribution in [-0.2, 0) is 38.7 Å². The van der Waals surface area contributed by atoms with Crippen LogP contribution < -0.4 is 0 Å². The third-order valence-electron chi connectivity index (χ3n) is 12.5. The summed E-state index contributed by atoms with van der Waals surface area (Å²) in [4.78, 5) is 25.6. The Morgan fingerprint density at radius 3 is 1.27 bits per heavy atom. The number of unbranched alkanes of at least 4 members (excludes halogenated alkanes) is 30. The van der Waals surface area contributed by atoms with Crippen molar-refractivity contribution in [3.8, 4) is 0 Å². The molecule has 12 nitrogen and oxygen atoms in total. The monoisotopic (exact) mass is 959 g/mol. The van der Waals surface area contributed by atoms with Crippen LogP contribution in [0.3, 0.4) is 0 Å². The Kier molecular flexibility index (Phi) is 40.7. The SMILES string of the molecule is CCCCCC/C=C/CCCCCCCCCCCC(=O)O[C@H](COC(=O)CCCCCCCCCCCCC/C=C/CCCCCCCC)CO[C@H]1O[C@H](CS(=O)(=O)O)[C@@H](O)C(O)C1O. The smallest absolute Gasteiger partial charge is 0.306 e. The highest BCUT2D eigenvalue weighted by atomic mass is 32.2. The van der Waals surface area contributed by atoms with Crippen molar-refractivity contribution < 1.29 is 56.8 Å². The second kappa shape index (κ2) is 43.2. The Hall–Kier alpha value is -1.87. The number of esters is 2. The highest BCUT2D eigenvalue weighted by Gasteiger charge is 2.46. The minimum absolute atomic E-state index is 0.164.